The molecule has 1 rings (SSSR count). The van der Waals surface area contributed by atoms with E-state index in [0.29, 0.717) is 13.0 Å². The molecule has 0 spiro atoms. The van der Waals surface area contributed by atoms with E-state index in [1.807, 2.05) is 78.0 Å². The summed E-state index contributed by atoms with van der Waals surface area (Å²) in [5.74, 6) is 0.805. The van der Waals surface area contributed by atoms with Gasteiger partial charge in [0.15, 0.2) is 0 Å². The van der Waals surface area contributed by atoms with Gasteiger partial charge in [-0.2, -0.15) is 4.31 Å². The average Bonchev–Trinajstić information content (AvgIpc) is 2.68. The first kappa shape index (κ1) is 39.1. The van der Waals surface area contributed by atoms with Gasteiger partial charge < -0.3 is 26.8 Å². The Hall–Kier alpha value is -0.136. The molecule has 0 amide bonds. The van der Waals surface area contributed by atoms with Crippen molar-refractivity contribution in [2.75, 3.05) is 13.2 Å². The maximum atomic E-state index is 11.3. The van der Waals surface area contributed by atoms with Crippen LogP contribution in [-0.4, -0.2) is 27.9 Å². The summed E-state index contributed by atoms with van der Waals surface area (Å²) in [6.45, 7) is 12.0. The second kappa shape index (κ2) is 22.6. The number of allylic oxidation sites excluding steroid dienone is 2. The molecule has 0 aliphatic carbocycles. The van der Waals surface area contributed by atoms with Crippen molar-refractivity contribution >= 4 is 15.6 Å². The molecule has 3 N–H and O–H groups in total. The SMILES string of the molecule is C/C(=C\COP(=O)(O)OP(=O)(O)O)CC/C=C(\C)COc1ccccc1.CC.CC.[CH3-].[Y]. The molecule has 0 aromatic heterocycles. The normalized spacial score (nSPS) is 13.0. The van der Waals surface area contributed by atoms with Gasteiger partial charge in [0.25, 0.3) is 0 Å². The summed E-state index contributed by atoms with van der Waals surface area (Å²) in [6, 6.07) is 9.50. The van der Waals surface area contributed by atoms with E-state index >= 15 is 0 Å². The fraction of sp³-hybridized carbons (Fsp3) is 0.476. The maximum Gasteiger partial charge on any atom is 0.481 e. The molecule has 0 saturated heterocycles. The van der Waals surface area contributed by atoms with Crippen LogP contribution in [0.2, 0.25) is 0 Å². The summed E-state index contributed by atoms with van der Waals surface area (Å²) in [7, 11) is -9.87. The number of hydrogen-bond donors (Lipinski definition) is 3. The van der Waals surface area contributed by atoms with Gasteiger partial charge in [-0.25, -0.2) is 9.13 Å². The number of ether oxygens (including phenoxy) is 1. The Labute approximate surface area is 219 Å². The van der Waals surface area contributed by atoms with E-state index in [9.17, 15) is 9.13 Å². The summed E-state index contributed by atoms with van der Waals surface area (Å²) in [5, 5.41) is 0. The van der Waals surface area contributed by atoms with Crippen LogP contribution in [-0.2, 0) is 50.7 Å². The quantitative estimate of drug-likeness (QED) is 0.157. The second-order valence-corrected chi connectivity index (χ2v) is 8.41. The minimum absolute atomic E-state index is 0. The standard InChI is InChI=1S/C16H24O8P2.2C2H6.CH3.Y/c1-14(11-12-23-26(20,21)24-25(17,18)19)7-6-8-15(2)13-22-16-9-4-3-5-10-16;2*1-2;;/h3-5,8-11H,6-7,12-13H2,1-2H3,(H,20,21)(H2,17,18,19);2*1-2H3;1H3;/q;;;-1;/b14-11+,15-8+;;;;. The topological polar surface area (TPSA) is 123 Å². The van der Waals surface area contributed by atoms with Crippen molar-refractivity contribution in [2.24, 2.45) is 0 Å². The van der Waals surface area contributed by atoms with Gasteiger partial charge in [-0.1, -0.05) is 63.6 Å². The molecule has 1 aromatic carbocycles. The Morgan fingerprint density at radius 3 is 1.97 bits per heavy atom. The Bertz CT molecular complexity index is 718. The van der Waals surface area contributed by atoms with Crippen LogP contribution in [0.25, 0.3) is 0 Å². The summed E-state index contributed by atoms with van der Waals surface area (Å²) in [5.41, 5.74) is 1.97. The number of para-hydroxylation sites is 1. The third-order valence-electron chi connectivity index (χ3n) is 3.12. The first-order valence-electron chi connectivity index (χ1n) is 9.81. The van der Waals surface area contributed by atoms with E-state index < -0.39 is 15.6 Å². The Morgan fingerprint density at radius 2 is 1.47 bits per heavy atom. The first-order valence-corrected chi connectivity index (χ1v) is 12.8. The predicted molar refractivity (Wildman–Crippen MR) is 127 cm³/mol. The van der Waals surface area contributed by atoms with Crippen molar-refractivity contribution < 1.29 is 70.1 Å². The molecule has 185 valence electrons. The van der Waals surface area contributed by atoms with E-state index in [2.05, 4.69) is 8.83 Å². The molecule has 1 radical (unpaired) electrons. The molecule has 0 fully saturated rings. The third kappa shape index (κ3) is 24.5. The zero-order valence-corrected chi connectivity index (χ0v) is 24.9. The number of phosphoric ester groups is 1. The van der Waals surface area contributed by atoms with E-state index in [-0.39, 0.29) is 46.7 Å². The smallest absolute Gasteiger partial charge is 0.481 e. The summed E-state index contributed by atoms with van der Waals surface area (Å²) in [6.07, 6.45) is 5.04. The minimum atomic E-state index is -5.09. The van der Waals surface area contributed by atoms with Crippen LogP contribution in [0.4, 0.5) is 0 Å². The number of benzene rings is 1. The molecule has 0 aliphatic rings. The summed E-state index contributed by atoms with van der Waals surface area (Å²) < 4.78 is 35.6. The molecule has 1 atom stereocenters. The van der Waals surface area contributed by atoms with Gasteiger partial charge in [0.05, 0.1) is 6.61 Å². The van der Waals surface area contributed by atoms with Gasteiger partial charge in [0, 0.05) is 32.7 Å². The Kier molecular flexibility index (Phi) is 27.7. The monoisotopic (exact) mass is 570 g/mol. The fourth-order valence-corrected chi connectivity index (χ4v) is 3.38. The molecule has 0 heterocycles. The van der Waals surface area contributed by atoms with Crippen LogP contribution < -0.4 is 4.74 Å². The van der Waals surface area contributed by atoms with Gasteiger partial charge in [0.2, 0.25) is 0 Å². The van der Waals surface area contributed by atoms with Crippen LogP contribution >= 0.6 is 15.6 Å². The third-order valence-corrected chi connectivity index (χ3v) is 5.27. The number of rotatable bonds is 11. The van der Waals surface area contributed by atoms with E-state index in [4.69, 9.17) is 19.4 Å². The average molecular weight is 570 g/mol. The van der Waals surface area contributed by atoms with Crippen LogP contribution in [0.3, 0.4) is 0 Å². The Balaban J connectivity index is -0.000000616. The van der Waals surface area contributed by atoms with Gasteiger partial charge in [-0.05, 0) is 44.4 Å². The number of phosphoric acid groups is 2. The Morgan fingerprint density at radius 1 is 0.938 bits per heavy atom. The summed E-state index contributed by atoms with van der Waals surface area (Å²) in [4.78, 5) is 26.1. The summed E-state index contributed by atoms with van der Waals surface area (Å²) >= 11 is 0. The predicted octanol–water partition coefficient (Wildman–Crippen LogP) is 6.46. The van der Waals surface area contributed by atoms with Crippen molar-refractivity contribution in [1.82, 2.24) is 0 Å². The molecule has 1 aromatic rings. The van der Waals surface area contributed by atoms with Crippen LogP contribution in [0.15, 0.2) is 53.6 Å². The number of hydrogen-bond acceptors (Lipinski definition) is 5. The van der Waals surface area contributed by atoms with Crippen molar-refractivity contribution in [3.8, 4) is 5.75 Å². The van der Waals surface area contributed by atoms with E-state index in [0.717, 1.165) is 23.3 Å². The minimum Gasteiger partial charge on any atom is -0.489 e. The zero-order chi connectivity index (χ0) is 23.6. The maximum absolute atomic E-state index is 11.3. The van der Waals surface area contributed by atoms with Gasteiger partial charge in [0.1, 0.15) is 12.4 Å². The first-order chi connectivity index (χ1) is 14.1. The molecule has 1 unspecified atom stereocenters. The van der Waals surface area contributed by atoms with Crippen LogP contribution in [0, 0.1) is 7.43 Å². The molecular formula is C21H39O8P2Y-. The van der Waals surface area contributed by atoms with E-state index in [1.54, 1.807) is 6.08 Å². The van der Waals surface area contributed by atoms with Crippen molar-refractivity contribution in [2.45, 2.75) is 54.4 Å². The van der Waals surface area contributed by atoms with Gasteiger partial charge in [-0.15, -0.1) is 0 Å². The molecule has 8 nitrogen and oxygen atoms in total. The molecular weight excluding hydrogens is 531 g/mol. The van der Waals surface area contributed by atoms with Crippen LogP contribution in [0.5, 0.6) is 5.75 Å². The molecule has 0 saturated carbocycles. The molecule has 0 aliphatic heterocycles. The fourth-order valence-electron chi connectivity index (χ4n) is 1.85. The van der Waals surface area contributed by atoms with Crippen molar-refractivity contribution in [1.29, 1.82) is 0 Å². The second-order valence-electron chi connectivity index (χ2n) is 5.58. The van der Waals surface area contributed by atoms with Crippen molar-refractivity contribution in [3.05, 3.63) is 61.1 Å². The van der Waals surface area contributed by atoms with Gasteiger partial charge in [-0.3, -0.25) is 4.52 Å². The zero-order valence-electron chi connectivity index (χ0n) is 20.2. The van der Waals surface area contributed by atoms with Gasteiger partial charge >= 0.3 is 15.6 Å². The molecule has 0 bridgehead atoms. The van der Waals surface area contributed by atoms with Crippen LogP contribution in [0.1, 0.15) is 54.4 Å². The molecule has 32 heavy (non-hydrogen) atoms. The van der Waals surface area contributed by atoms with Crippen molar-refractivity contribution in [3.63, 3.8) is 0 Å². The largest absolute Gasteiger partial charge is 0.489 e. The van der Waals surface area contributed by atoms with E-state index in [1.165, 1.54) is 0 Å². The molecule has 11 heteroatoms.